The van der Waals surface area contributed by atoms with E-state index in [4.69, 9.17) is 0 Å². The van der Waals surface area contributed by atoms with Crippen LogP contribution in [-0.4, -0.2) is 22.2 Å². The van der Waals surface area contributed by atoms with E-state index in [0.29, 0.717) is 6.54 Å². The van der Waals surface area contributed by atoms with Gasteiger partial charge in [-0.25, -0.2) is 0 Å². The molecule has 0 radical (unpaired) electrons. The molecule has 0 heterocycles. The molecule has 88 valence electrons. The van der Waals surface area contributed by atoms with Crippen LogP contribution in [0.4, 0.5) is 5.69 Å². The highest BCUT2D eigenvalue weighted by Gasteiger charge is 2.08. The Labute approximate surface area is 94.3 Å². The van der Waals surface area contributed by atoms with Crippen LogP contribution in [0.3, 0.4) is 0 Å². The van der Waals surface area contributed by atoms with Crippen molar-refractivity contribution in [1.82, 2.24) is 5.32 Å². The summed E-state index contributed by atoms with van der Waals surface area (Å²) in [6.45, 7) is 4.19. The number of nitrogens with one attached hydrogen (secondary N) is 1. The molecule has 0 saturated carbocycles. The standard InChI is InChI=1S/C11H16N2O3/c1-8(9(2)14)12-7-10-3-5-11(6-4-10)13(15)16/h3-6,8-9,12,14H,7H2,1-2H3. The highest BCUT2D eigenvalue weighted by atomic mass is 16.6. The molecule has 0 amide bonds. The highest BCUT2D eigenvalue weighted by molar-refractivity contribution is 5.32. The topological polar surface area (TPSA) is 75.4 Å². The van der Waals surface area contributed by atoms with E-state index in [1.165, 1.54) is 12.1 Å². The highest BCUT2D eigenvalue weighted by Crippen LogP contribution is 2.11. The maximum absolute atomic E-state index is 10.4. The number of nitro benzene ring substituents is 1. The Balaban J connectivity index is 2.53. The Hall–Kier alpha value is -1.46. The van der Waals surface area contributed by atoms with Gasteiger partial charge in [0.1, 0.15) is 0 Å². The van der Waals surface area contributed by atoms with Crippen molar-refractivity contribution in [2.45, 2.75) is 32.5 Å². The lowest BCUT2D eigenvalue weighted by Gasteiger charge is -2.16. The number of nitro groups is 1. The second-order valence-electron chi connectivity index (χ2n) is 3.83. The molecule has 0 aliphatic rings. The lowest BCUT2D eigenvalue weighted by atomic mass is 10.1. The van der Waals surface area contributed by atoms with E-state index in [-0.39, 0.29) is 11.7 Å². The van der Waals surface area contributed by atoms with Crippen molar-refractivity contribution >= 4 is 5.69 Å². The van der Waals surface area contributed by atoms with Gasteiger partial charge in [0, 0.05) is 24.7 Å². The third-order valence-corrected chi connectivity index (χ3v) is 2.50. The summed E-state index contributed by atoms with van der Waals surface area (Å²) in [4.78, 5) is 10.0. The fourth-order valence-electron chi connectivity index (χ4n) is 1.18. The van der Waals surface area contributed by atoms with E-state index in [0.717, 1.165) is 5.56 Å². The molecule has 1 rings (SSSR count). The van der Waals surface area contributed by atoms with E-state index < -0.39 is 11.0 Å². The zero-order valence-electron chi connectivity index (χ0n) is 9.38. The maximum atomic E-state index is 10.4. The second kappa shape index (κ2) is 5.58. The summed E-state index contributed by atoms with van der Waals surface area (Å²) >= 11 is 0. The minimum Gasteiger partial charge on any atom is -0.392 e. The molecule has 0 aliphatic carbocycles. The largest absolute Gasteiger partial charge is 0.392 e. The van der Waals surface area contributed by atoms with Crippen LogP contribution in [0.2, 0.25) is 0 Å². The summed E-state index contributed by atoms with van der Waals surface area (Å²) < 4.78 is 0. The SMILES string of the molecule is CC(O)C(C)NCc1ccc([N+](=O)[O-])cc1. The number of hydrogen-bond acceptors (Lipinski definition) is 4. The Morgan fingerprint density at radius 2 is 1.94 bits per heavy atom. The molecular formula is C11H16N2O3. The Morgan fingerprint density at radius 1 is 1.38 bits per heavy atom. The molecule has 5 heteroatoms. The Morgan fingerprint density at radius 3 is 2.38 bits per heavy atom. The molecule has 0 fully saturated rings. The van der Waals surface area contributed by atoms with Gasteiger partial charge in [0.2, 0.25) is 0 Å². The smallest absolute Gasteiger partial charge is 0.269 e. The van der Waals surface area contributed by atoms with Crippen LogP contribution in [0.1, 0.15) is 19.4 Å². The molecule has 2 atom stereocenters. The Bertz CT molecular complexity index is 349. The van der Waals surface area contributed by atoms with E-state index >= 15 is 0 Å². The van der Waals surface area contributed by atoms with E-state index in [1.54, 1.807) is 19.1 Å². The first-order valence-corrected chi connectivity index (χ1v) is 5.15. The summed E-state index contributed by atoms with van der Waals surface area (Å²) in [6, 6.07) is 6.36. The van der Waals surface area contributed by atoms with Crippen LogP contribution in [-0.2, 0) is 6.54 Å². The molecule has 1 aromatic rings. The van der Waals surface area contributed by atoms with E-state index in [9.17, 15) is 15.2 Å². The van der Waals surface area contributed by atoms with Gasteiger partial charge in [-0.05, 0) is 19.4 Å². The summed E-state index contributed by atoms with van der Waals surface area (Å²) in [5, 5.41) is 22.8. The fraction of sp³-hybridized carbons (Fsp3) is 0.455. The molecule has 0 bridgehead atoms. The first-order chi connectivity index (χ1) is 7.50. The lowest BCUT2D eigenvalue weighted by Crippen LogP contribution is -2.34. The monoisotopic (exact) mass is 224 g/mol. The molecule has 1 aromatic carbocycles. The van der Waals surface area contributed by atoms with Crippen molar-refractivity contribution in [3.63, 3.8) is 0 Å². The van der Waals surface area contributed by atoms with Crippen LogP contribution in [0.25, 0.3) is 0 Å². The number of nitrogens with zero attached hydrogens (tertiary/aromatic N) is 1. The first-order valence-electron chi connectivity index (χ1n) is 5.15. The summed E-state index contributed by atoms with van der Waals surface area (Å²) in [5.74, 6) is 0. The van der Waals surface area contributed by atoms with Crippen molar-refractivity contribution in [2.24, 2.45) is 0 Å². The first kappa shape index (κ1) is 12.6. The van der Waals surface area contributed by atoms with Gasteiger partial charge in [-0.3, -0.25) is 10.1 Å². The van der Waals surface area contributed by atoms with Crippen LogP contribution in [0.5, 0.6) is 0 Å². The van der Waals surface area contributed by atoms with Crippen LogP contribution in [0, 0.1) is 10.1 Å². The van der Waals surface area contributed by atoms with Gasteiger partial charge in [-0.1, -0.05) is 12.1 Å². The summed E-state index contributed by atoms with van der Waals surface area (Å²) in [6.07, 6.45) is -0.418. The Kier molecular flexibility index (Phi) is 4.39. The normalized spacial score (nSPS) is 14.4. The van der Waals surface area contributed by atoms with Crippen LogP contribution in [0.15, 0.2) is 24.3 Å². The predicted octanol–water partition coefficient (Wildman–Crippen LogP) is 1.45. The van der Waals surface area contributed by atoms with Crippen molar-refractivity contribution < 1.29 is 10.0 Å². The number of hydrogen-bond donors (Lipinski definition) is 2. The zero-order valence-corrected chi connectivity index (χ0v) is 9.38. The number of aliphatic hydroxyl groups is 1. The zero-order chi connectivity index (χ0) is 12.1. The third-order valence-electron chi connectivity index (χ3n) is 2.50. The van der Waals surface area contributed by atoms with E-state index in [2.05, 4.69) is 5.32 Å². The van der Waals surface area contributed by atoms with Crippen LogP contribution >= 0.6 is 0 Å². The van der Waals surface area contributed by atoms with Gasteiger partial charge in [0.05, 0.1) is 11.0 Å². The minimum absolute atomic E-state index is 0.00445. The molecule has 0 aliphatic heterocycles. The number of benzene rings is 1. The predicted molar refractivity (Wildman–Crippen MR) is 61.1 cm³/mol. The van der Waals surface area contributed by atoms with Crippen molar-refractivity contribution in [1.29, 1.82) is 0 Å². The van der Waals surface area contributed by atoms with Gasteiger partial charge < -0.3 is 10.4 Å². The molecule has 5 nitrogen and oxygen atoms in total. The van der Waals surface area contributed by atoms with Crippen molar-refractivity contribution in [2.75, 3.05) is 0 Å². The molecule has 0 saturated heterocycles. The molecular weight excluding hydrogens is 208 g/mol. The maximum Gasteiger partial charge on any atom is 0.269 e. The van der Waals surface area contributed by atoms with Crippen molar-refractivity contribution in [3.8, 4) is 0 Å². The number of non-ortho nitro benzene ring substituents is 1. The molecule has 16 heavy (non-hydrogen) atoms. The van der Waals surface area contributed by atoms with E-state index in [1.807, 2.05) is 6.92 Å². The van der Waals surface area contributed by atoms with Crippen molar-refractivity contribution in [3.05, 3.63) is 39.9 Å². The van der Waals surface area contributed by atoms with Gasteiger partial charge in [-0.2, -0.15) is 0 Å². The van der Waals surface area contributed by atoms with Crippen LogP contribution < -0.4 is 5.32 Å². The average Bonchev–Trinajstić information content (AvgIpc) is 2.26. The fourth-order valence-corrected chi connectivity index (χ4v) is 1.18. The summed E-state index contributed by atoms with van der Waals surface area (Å²) in [5.41, 5.74) is 1.05. The van der Waals surface area contributed by atoms with Gasteiger partial charge in [-0.15, -0.1) is 0 Å². The molecule has 2 unspecified atom stereocenters. The average molecular weight is 224 g/mol. The van der Waals surface area contributed by atoms with Gasteiger partial charge in [0.25, 0.3) is 5.69 Å². The molecule has 2 N–H and O–H groups in total. The summed E-state index contributed by atoms with van der Waals surface area (Å²) in [7, 11) is 0. The van der Waals surface area contributed by atoms with Gasteiger partial charge in [0.15, 0.2) is 0 Å². The second-order valence-corrected chi connectivity index (χ2v) is 3.83. The number of aliphatic hydroxyl groups excluding tert-OH is 1. The quantitative estimate of drug-likeness (QED) is 0.586. The number of rotatable bonds is 5. The molecule has 0 aromatic heterocycles. The minimum atomic E-state index is -0.421. The lowest BCUT2D eigenvalue weighted by molar-refractivity contribution is -0.384. The molecule has 0 spiro atoms. The third kappa shape index (κ3) is 3.60. The van der Waals surface area contributed by atoms with Gasteiger partial charge >= 0.3 is 0 Å².